The third kappa shape index (κ3) is 1.95. The van der Waals surface area contributed by atoms with E-state index in [0.717, 1.165) is 23.9 Å². The molecule has 1 amide bonds. The number of fused-ring (bicyclic) bond motifs is 2. The predicted molar refractivity (Wildman–Crippen MR) is 93.9 cm³/mol. The summed E-state index contributed by atoms with van der Waals surface area (Å²) in [6.45, 7) is 3.20. The molecule has 0 radical (unpaired) electrons. The van der Waals surface area contributed by atoms with Gasteiger partial charge in [0.15, 0.2) is 0 Å². The lowest BCUT2D eigenvalue weighted by atomic mass is 9.66. The molecule has 0 spiro atoms. The molecule has 1 aromatic heterocycles. The van der Waals surface area contributed by atoms with Crippen LogP contribution in [0.15, 0.2) is 36.4 Å². The molecule has 3 aliphatic rings. The minimum Gasteiger partial charge on any atom is -0.332 e. The fraction of sp³-hybridized carbons (Fsp3) is 0.500. The van der Waals surface area contributed by atoms with Gasteiger partial charge in [0, 0.05) is 35.5 Å². The SMILES string of the molecule is C[C@@]12C[C@H]3CN(C(=O)c4ccc5ccccc5n4)[C@@H]1CCC[C@@H]2N3. The molecule has 4 nitrogen and oxygen atoms in total. The molecule has 1 saturated carbocycles. The van der Waals surface area contributed by atoms with Gasteiger partial charge in [0.05, 0.1) is 5.52 Å². The van der Waals surface area contributed by atoms with E-state index < -0.39 is 0 Å². The van der Waals surface area contributed by atoms with Gasteiger partial charge in [-0.1, -0.05) is 31.2 Å². The van der Waals surface area contributed by atoms with Crippen molar-refractivity contribution < 1.29 is 4.79 Å². The minimum atomic E-state index is 0.103. The molecule has 0 unspecified atom stereocenters. The Morgan fingerprint density at radius 2 is 2.12 bits per heavy atom. The zero-order chi connectivity index (χ0) is 16.3. The number of nitrogens with zero attached hydrogens (tertiary/aromatic N) is 2. The summed E-state index contributed by atoms with van der Waals surface area (Å²) in [6, 6.07) is 13.3. The van der Waals surface area contributed by atoms with Crippen LogP contribution in [0.2, 0.25) is 0 Å². The van der Waals surface area contributed by atoms with E-state index in [-0.39, 0.29) is 11.3 Å². The van der Waals surface area contributed by atoms with Crippen molar-refractivity contribution in [1.82, 2.24) is 15.2 Å². The minimum absolute atomic E-state index is 0.103. The number of hydrogen-bond donors (Lipinski definition) is 1. The molecule has 2 aromatic rings. The van der Waals surface area contributed by atoms with Crippen molar-refractivity contribution in [2.45, 2.75) is 50.7 Å². The van der Waals surface area contributed by atoms with E-state index in [9.17, 15) is 4.79 Å². The molecule has 2 aliphatic heterocycles. The van der Waals surface area contributed by atoms with Gasteiger partial charge in [-0.05, 0) is 37.8 Å². The number of amides is 1. The second-order valence-corrected chi connectivity index (χ2v) is 7.92. The van der Waals surface area contributed by atoms with Gasteiger partial charge >= 0.3 is 0 Å². The summed E-state index contributed by atoms with van der Waals surface area (Å²) in [4.78, 5) is 20.0. The van der Waals surface area contributed by atoms with E-state index in [1.54, 1.807) is 0 Å². The Kier molecular flexibility index (Phi) is 3.02. The molecule has 5 rings (SSSR count). The number of hydrogen-bond acceptors (Lipinski definition) is 3. The summed E-state index contributed by atoms with van der Waals surface area (Å²) < 4.78 is 0. The van der Waals surface area contributed by atoms with E-state index >= 15 is 0 Å². The summed E-state index contributed by atoms with van der Waals surface area (Å²) in [6.07, 6.45) is 4.79. The lowest BCUT2D eigenvalue weighted by Crippen LogP contribution is -2.57. The highest BCUT2D eigenvalue weighted by atomic mass is 16.2. The van der Waals surface area contributed by atoms with Crippen LogP contribution in [0, 0.1) is 5.41 Å². The van der Waals surface area contributed by atoms with Crippen molar-refractivity contribution in [3.05, 3.63) is 42.1 Å². The molecular weight excluding hydrogens is 298 g/mol. The normalized spacial score (nSPS) is 34.5. The van der Waals surface area contributed by atoms with Crippen LogP contribution in [0.4, 0.5) is 0 Å². The van der Waals surface area contributed by atoms with E-state index in [1.165, 1.54) is 19.3 Å². The molecule has 2 bridgehead atoms. The fourth-order valence-corrected chi connectivity index (χ4v) is 5.38. The maximum Gasteiger partial charge on any atom is 0.272 e. The molecule has 124 valence electrons. The summed E-state index contributed by atoms with van der Waals surface area (Å²) >= 11 is 0. The Bertz CT molecular complexity index is 819. The number of carbonyl (C=O) groups is 1. The van der Waals surface area contributed by atoms with E-state index in [2.05, 4.69) is 22.1 Å². The maximum absolute atomic E-state index is 13.2. The second kappa shape index (κ2) is 5.03. The van der Waals surface area contributed by atoms with Gasteiger partial charge in [-0.2, -0.15) is 0 Å². The summed E-state index contributed by atoms with van der Waals surface area (Å²) in [5, 5.41) is 4.86. The van der Waals surface area contributed by atoms with Crippen LogP contribution in [0.5, 0.6) is 0 Å². The zero-order valence-corrected chi connectivity index (χ0v) is 14.0. The lowest BCUT2D eigenvalue weighted by Gasteiger charge is -2.50. The van der Waals surface area contributed by atoms with Crippen molar-refractivity contribution >= 4 is 16.8 Å². The van der Waals surface area contributed by atoms with E-state index in [0.29, 0.717) is 23.8 Å². The average Bonchev–Trinajstić information content (AvgIpc) is 2.94. The lowest BCUT2D eigenvalue weighted by molar-refractivity contribution is 0.0127. The molecule has 24 heavy (non-hydrogen) atoms. The average molecular weight is 321 g/mol. The summed E-state index contributed by atoms with van der Waals surface area (Å²) in [5.41, 5.74) is 1.71. The van der Waals surface area contributed by atoms with Crippen molar-refractivity contribution in [1.29, 1.82) is 0 Å². The molecule has 3 heterocycles. The molecule has 1 aromatic carbocycles. The number of aromatic nitrogens is 1. The van der Waals surface area contributed by atoms with Crippen molar-refractivity contribution in [3.8, 4) is 0 Å². The third-order valence-electron chi connectivity index (χ3n) is 6.52. The Hall–Kier alpha value is -1.94. The van der Waals surface area contributed by atoms with Crippen molar-refractivity contribution in [2.75, 3.05) is 6.54 Å². The summed E-state index contributed by atoms with van der Waals surface area (Å²) in [7, 11) is 0. The molecule has 1 N–H and O–H groups in total. The van der Waals surface area contributed by atoms with Crippen LogP contribution in [0.3, 0.4) is 0 Å². The first kappa shape index (κ1) is 14.4. The van der Waals surface area contributed by atoms with E-state index in [1.807, 2.05) is 36.4 Å². The first-order valence-corrected chi connectivity index (χ1v) is 9.08. The molecule has 3 fully saturated rings. The number of likely N-dealkylation sites (tertiary alicyclic amines) is 1. The molecule has 4 atom stereocenters. The largest absolute Gasteiger partial charge is 0.332 e. The van der Waals surface area contributed by atoms with Crippen LogP contribution in [0.25, 0.3) is 10.9 Å². The number of para-hydroxylation sites is 1. The van der Waals surface area contributed by atoms with Crippen LogP contribution < -0.4 is 5.32 Å². The number of rotatable bonds is 1. The number of pyridine rings is 1. The van der Waals surface area contributed by atoms with Crippen LogP contribution >= 0.6 is 0 Å². The van der Waals surface area contributed by atoms with Gasteiger partial charge in [-0.3, -0.25) is 4.79 Å². The molecule has 1 aliphatic carbocycles. The third-order valence-corrected chi connectivity index (χ3v) is 6.52. The first-order chi connectivity index (χ1) is 11.6. The van der Waals surface area contributed by atoms with Gasteiger partial charge in [0.25, 0.3) is 5.91 Å². The smallest absolute Gasteiger partial charge is 0.272 e. The second-order valence-electron chi connectivity index (χ2n) is 7.92. The Balaban J connectivity index is 1.52. The van der Waals surface area contributed by atoms with Gasteiger partial charge < -0.3 is 10.2 Å². The van der Waals surface area contributed by atoms with E-state index in [4.69, 9.17) is 0 Å². The predicted octanol–water partition coefficient (Wildman–Crippen LogP) is 2.98. The van der Waals surface area contributed by atoms with Crippen molar-refractivity contribution in [3.63, 3.8) is 0 Å². The monoisotopic (exact) mass is 321 g/mol. The van der Waals surface area contributed by atoms with Gasteiger partial charge in [-0.25, -0.2) is 4.98 Å². The van der Waals surface area contributed by atoms with Crippen LogP contribution in [0.1, 0.15) is 43.1 Å². The standard InChI is InChI=1S/C20H23N3O/c1-20-11-14-12-23(18(20)8-4-7-17(20)21-14)19(24)16-10-9-13-5-2-3-6-15(13)22-16/h2-3,5-6,9-10,14,17-18,21H,4,7-8,11-12H2,1H3/t14-,17-,18+,20-/m0/s1. The molecule has 2 saturated heterocycles. The quantitative estimate of drug-likeness (QED) is 0.878. The topological polar surface area (TPSA) is 45.2 Å². The first-order valence-electron chi connectivity index (χ1n) is 9.08. The highest BCUT2D eigenvalue weighted by Crippen LogP contribution is 2.50. The zero-order valence-electron chi connectivity index (χ0n) is 14.0. The fourth-order valence-electron chi connectivity index (χ4n) is 5.38. The van der Waals surface area contributed by atoms with Crippen LogP contribution in [-0.4, -0.2) is 40.5 Å². The summed E-state index contributed by atoms with van der Waals surface area (Å²) in [5.74, 6) is 0.103. The van der Waals surface area contributed by atoms with Crippen molar-refractivity contribution in [2.24, 2.45) is 5.41 Å². The highest BCUT2D eigenvalue weighted by Gasteiger charge is 2.56. The van der Waals surface area contributed by atoms with Gasteiger partial charge in [0.2, 0.25) is 0 Å². The number of piperidine rings is 1. The molecule has 4 heteroatoms. The Morgan fingerprint density at radius 1 is 1.25 bits per heavy atom. The Labute approximate surface area is 142 Å². The number of carbonyl (C=O) groups excluding carboxylic acids is 1. The highest BCUT2D eigenvalue weighted by molar-refractivity contribution is 5.95. The van der Waals surface area contributed by atoms with Gasteiger partial charge in [0.1, 0.15) is 5.69 Å². The number of nitrogens with one attached hydrogen (secondary N) is 1. The number of benzene rings is 1. The molecular formula is C20H23N3O. The maximum atomic E-state index is 13.2. The van der Waals surface area contributed by atoms with Gasteiger partial charge in [-0.15, -0.1) is 0 Å². The van der Waals surface area contributed by atoms with Crippen LogP contribution in [-0.2, 0) is 0 Å². The Morgan fingerprint density at radius 3 is 3.04 bits per heavy atom.